The number of carbonyl (C=O) groups is 1. The average molecular weight is 385 g/mol. The summed E-state index contributed by atoms with van der Waals surface area (Å²) in [6.07, 6.45) is 2.79. The lowest BCUT2D eigenvalue weighted by Gasteiger charge is -2.31. The van der Waals surface area contributed by atoms with Crippen molar-refractivity contribution < 1.29 is 4.79 Å². The van der Waals surface area contributed by atoms with Gasteiger partial charge in [0, 0.05) is 23.5 Å². The number of aromatic amines is 1. The minimum atomic E-state index is -0.230. The maximum Gasteiger partial charge on any atom is 0.240 e. The van der Waals surface area contributed by atoms with Crippen LogP contribution in [0.4, 0.5) is 5.69 Å². The Bertz CT molecular complexity index is 891. The Morgan fingerprint density at radius 1 is 1.35 bits per heavy atom. The summed E-state index contributed by atoms with van der Waals surface area (Å²) < 4.78 is 0. The molecular formula is C19H20N4OS2. The maximum atomic E-state index is 13.0. The van der Waals surface area contributed by atoms with E-state index in [1.165, 1.54) is 22.2 Å². The molecule has 1 amide bonds. The monoisotopic (exact) mass is 384 g/mol. The van der Waals surface area contributed by atoms with Crippen LogP contribution in [0, 0.1) is 0 Å². The Hall–Kier alpha value is -2.12. The molecule has 1 N–H and O–H groups in total. The van der Waals surface area contributed by atoms with Crippen molar-refractivity contribution in [1.29, 1.82) is 0 Å². The minimum Gasteiger partial charge on any atom is -0.311 e. The van der Waals surface area contributed by atoms with Crippen LogP contribution >= 0.6 is 23.1 Å². The molecule has 7 heteroatoms. The largest absolute Gasteiger partial charge is 0.311 e. The van der Waals surface area contributed by atoms with E-state index in [-0.39, 0.29) is 11.2 Å². The number of hydrogen-bond donors (Lipinski definition) is 1. The average Bonchev–Trinajstić information content (AvgIpc) is 3.33. The first-order valence-electron chi connectivity index (χ1n) is 8.70. The second-order valence-electron chi connectivity index (χ2n) is 6.30. The first kappa shape index (κ1) is 17.3. The fourth-order valence-electron chi connectivity index (χ4n) is 3.18. The van der Waals surface area contributed by atoms with Crippen LogP contribution in [0.2, 0.25) is 0 Å². The number of H-pyrrole nitrogens is 1. The van der Waals surface area contributed by atoms with Gasteiger partial charge >= 0.3 is 0 Å². The van der Waals surface area contributed by atoms with Crippen molar-refractivity contribution in [1.82, 2.24) is 15.2 Å². The quantitative estimate of drug-likeness (QED) is 0.678. The molecule has 3 heterocycles. The van der Waals surface area contributed by atoms with Crippen LogP contribution in [0.5, 0.6) is 0 Å². The molecule has 0 fully saturated rings. The number of rotatable bonds is 5. The molecule has 1 atom stereocenters. The van der Waals surface area contributed by atoms with E-state index in [0.29, 0.717) is 5.16 Å². The molecule has 134 valence electrons. The number of fused-ring (bicyclic) bond motifs is 1. The molecule has 26 heavy (non-hydrogen) atoms. The second kappa shape index (κ2) is 7.63. The molecule has 2 aromatic heterocycles. The van der Waals surface area contributed by atoms with Gasteiger partial charge in [0.05, 0.1) is 5.25 Å². The summed E-state index contributed by atoms with van der Waals surface area (Å²) in [6.45, 7) is 2.71. The highest BCUT2D eigenvalue weighted by Crippen LogP contribution is 2.30. The fourth-order valence-corrected chi connectivity index (χ4v) is 4.69. The number of carbonyl (C=O) groups excluding carboxylic acids is 1. The molecule has 0 spiro atoms. The third kappa shape index (κ3) is 3.68. The highest BCUT2D eigenvalue weighted by Gasteiger charge is 2.27. The van der Waals surface area contributed by atoms with Gasteiger partial charge in [-0.05, 0) is 42.8 Å². The third-order valence-corrected chi connectivity index (χ3v) is 6.26. The van der Waals surface area contributed by atoms with Crippen molar-refractivity contribution in [3.05, 3.63) is 58.0 Å². The molecule has 3 aromatic rings. The molecule has 4 rings (SSSR count). The Kier molecular flexibility index (Phi) is 5.08. The summed E-state index contributed by atoms with van der Waals surface area (Å²) in [5.74, 6) is 0.949. The summed E-state index contributed by atoms with van der Waals surface area (Å²) in [5, 5.41) is 9.70. The molecule has 1 aliphatic heterocycles. The van der Waals surface area contributed by atoms with Gasteiger partial charge in [-0.15, -0.1) is 16.4 Å². The Balaban J connectivity index is 1.43. The van der Waals surface area contributed by atoms with Crippen molar-refractivity contribution >= 4 is 34.7 Å². The molecule has 0 aliphatic carbocycles. The van der Waals surface area contributed by atoms with Gasteiger partial charge in [-0.2, -0.15) is 0 Å². The van der Waals surface area contributed by atoms with Gasteiger partial charge in [0.2, 0.25) is 11.1 Å². The summed E-state index contributed by atoms with van der Waals surface area (Å²) in [6, 6.07) is 12.3. The van der Waals surface area contributed by atoms with Gasteiger partial charge in [-0.1, -0.05) is 36.0 Å². The Morgan fingerprint density at radius 3 is 3.08 bits per heavy atom. The van der Waals surface area contributed by atoms with Crippen molar-refractivity contribution in [2.75, 3.05) is 11.4 Å². The molecule has 1 aromatic carbocycles. The molecule has 1 aliphatic rings. The topological polar surface area (TPSA) is 61.9 Å². The van der Waals surface area contributed by atoms with Crippen molar-refractivity contribution in [3.8, 4) is 0 Å². The van der Waals surface area contributed by atoms with Crippen LogP contribution in [-0.4, -0.2) is 32.9 Å². The number of thioether (sulfide) groups is 1. The molecule has 0 radical (unpaired) electrons. The highest BCUT2D eigenvalue weighted by atomic mass is 32.2. The van der Waals surface area contributed by atoms with Crippen molar-refractivity contribution in [3.63, 3.8) is 0 Å². The molecule has 0 bridgehead atoms. The lowest BCUT2D eigenvalue weighted by molar-refractivity contribution is -0.117. The number of nitrogens with one attached hydrogen (secondary N) is 1. The smallest absolute Gasteiger partial charge is 0.240 e. The summed E-state index contributed by atoms with van der Waals surface area (Å²) in [7, 11) is 0. The second-order valence-corrected chi connectivity index (χ2v) is 8.64. The van der Waals surface area contributed by atoms with Crippen LogP contribution in [0.15, 0.2) is 46.9 Å². The maximum absolute atomic E-state index is 13.0. The normalized spacial score (nSPS) is 14.9. The zero-order chi connectivity index (χ0) is 17.9. The van der Waals surface area contributed by atoms with E-state index in [2.05, 4.69) is 32.7 Å². The fraction of sp³-hybridized carbons (Fsp3) is 0.316. The zero-order valence-electron chi connectivity index (χ0n) is 14.5. The third-order valence-electron chi connectivity index (χ3n) is 4.44. The Morgan fingerprint density at radius 2 is 2.23 bits per heavy atom. The van der Waals surface area contributed by atoms with Gasteiger partial charge in [0.1, 0.15) is 5.82 Å². The van der Waals surface area contributed by atoms with E-state index >= 15 is 0 Å². The zero-order valence-corrected chi connectivity index (χ0v) is 16.1. The van der Waals surface area contributed by atoms with Crippen molar-refractivity contribution in [2.24, 2.45) is 0 Å². The Labute approximate surface area is 160 Å². The molecular weight excluding hydrogens is 364 g/mol. The van der Waals surface area contributed by atoms with E-state index in [1.807, 2.05) is 36.1 Å². The first-order valence-corrected chi connectivity index (χ1v) is 10.5. The van der Waals surface area contributed by atoms with Gasteiger partial charge in [0.15, 0.2) is 0 Å². The number of aromatic nitrogens is 3. The standard InChI is InChI=1S/C19H20N4OS2/c1-13(18(24)23-10-4-7-14-6-2-3-9-16(14)23)26-19-20-17(21-22-19)12-15-8-5-11-25-15/h2-3,5-6,8-9,11,13H,4,7,10,12H2,1H3,(H,20,21,22). The van der Waals surface area contributed by atoms with E-state index in [1.54, 1.807) is 11.3 Å². The number of anilines is 1. The number of amides is 1. The molecule has 1 unspecified atom stereocenters. The lowest BCUT2D eigenvalue weighted by atomic mass is 10.0. The summed E-state index contributed by atoms with van der Waals surface area (Å²) >= 11 is 3.11. The van der Waals surface area contributed by atoms with Gasteiger partial charge in [-0.3, -0.25) is 9.89 Å². The molecule has 5 nitrogen and oxygen atoms in total. The van der Waals surface area contributed by atoms with Gasteiger partial charge in [0.25, 0.3) is 0 Å². The van der Waals surface area contributed by atoms with E-state index in [0.717, 1.165) is 37.3 Å². The van der Waals surface area contributed by atoms with E-state index in [4.69, 9.17) is 0 Å². The number of thiophene rings is 1. The van der Waals surface area contributed by atoms with Gasteiger partial charge < -0.3 is 4.90 Å². The van der Waals surface area contributed by atoms with Crippen LogP contribution in [0.1, 0.15) is 29.6 Å². The van der Waals surface area contributed by atoms with Crippen LogP contribution in [0.25, 0.3) is 0 Å². The number of para-hydroxylation sites is 1. The highest BCUT2D eigenvalue weighted by molar-refractivity contribution is 8.00. The number of nitrogens with zero attached hydrogens (tertiary/aromatic N) is 3. The molecule has 0 saturated carbocycles. The predicted molar refractivity (Wildman–Crippen MR) is 106 cm³/mol. The van der Waals surface area contributed by atoms with Crippen molar-refractivity contribution in [2.45, 2.75) is 36.6 Å². The minimum absolute atomic E-state index is 0.117. The summed E-state index contributed by atoms with van der Waals surface area (Å²) in [5.41, 5.74) is 2.30. The predicted octanol–water partition coefficient (Wildman–Crippen LogP) is 3.92. The van der Waals surface area contributed by atoms with Crippen LogP contribution in [-0.2, 0) is 17.6 Å². The van der Waals surface area contributed by atoms with Crippen LogP contribution < -0.4 is 4.90 Å². The van der Waals surface area contributed by atoms with Crippen LogP contribution in [0.3, 0.4) is 0 Å². The van der Waals surface area contributed by atoms with Gasteiger partial charge in [-0.25, -0.2) is 4.98 Å². The molecule has 0 saturated heterocycles. The number of aryl methyl sites for hydroxylation is 1. The van der Waals surface area contributed by atoms with E-state index < -0.39 is 0 Å². The number of hydrogen-bond acceptors (Lipinski definition) is 5. The SMILES string of the molecule is CC(Sc1n[nH]c(Cc2cccs2)n1)C(=O)N1CCCc2ccccc21. The lowest BCUT2D eigenvalue weighted by Crippen LogP contribution is -2.40. The number of benzene rings is 1. The van der Waals surface area contributed by atoms with E-state index in [9.17, 15) is 4.79 Å². The first-order chi connectivity index (χ1) is 12.7. The summed E-state index contributed by atoms with van der Waals surface area (Å²) in [4.78, 5) is 20.7.